The van der Waals surface area contributed by atoms with E-state index in [1.165, 1.54) is 0 Å². The zero-order valence-electron chi connectivity index (χ0n) is 15.1. The van der Waals surface area contributed by atoms with Crippen LogP contribution in [0, 0.1) is 0 Å². The van der Waals surface area contributed by atoms with Gasteiger partial charge in [0, 0.05) is 31.7 Å². The third-order valence-electron chi connectivity index (χ3n) is 3.99. The molecule has 1 aliphatic rings. The maximum absolute atomic E-state index is 12.1. The monoisotopic (exact) mass is 343 g/mol. The summed E-state index contributed by atoms with van der Waals surface area (Å²) < 4.78 is 11.3. The first-order chi connectivity index (χ1) is 11.9. The first kappa shape index (κ1) is 17.5. The van der Waals surface area contributed by atoms with Crippen molar-refractivity contribution in [2.75, 3.05) is 26.2 Å². The largest absolute Gasteiger partial charge is 0.444 e. The highest BCUT2D eigenvalue weighted by Crippen LogP contribution is 2.21. The summed E-state index contributed by atoms with van der Waals surface area (Å²) in [6.45, 7) is 9.16. The maximum Gasteiger partial charge on any atom is 0.410 e. The summed E-state index contributed by atoms with van der Waals surface area (Å²) in [5, 5.41) is 0. The van der Waals surface area contributed by atoms with Crippen molar-refractivity contribution in [2.24, 2.45) is 0 Å². The van der Waals surface area contributed by atoms with Gasteiger partial charge in [-0.3, -0.25) is 4.90 Å². The average molecular weight is 343 g/mol. The van der Waals surface area contributed by atoms with Crippen LogP contribution in [0.1, 0.15) is 26.7 Å². The Morgan fingerprint density at radius 1 is 1.16 bits per heavy atom. The second kappa shape index (κ2) is 7.27. The molecule has 1 amide bonds. The Hall–Kier alpha value is -2.34. The molecule has 1 aromatic heterocycles. The summed E-state index contributed by atoms with van der Waals surface area (Å²) in [6, 6.07) is 9.94. The van der Waals surface area contributed by atoms with Gasteiger partial charge in [-0.15, -0.1) is 0 Å². The fourth-order valence-corrected chi connectivity index (χ4v) is 2.73. The van der Waals surface area contributed by atoms with Gasteiger partial charge < -0.3 is 14.1 Å². The van der Waals surface area contributed by atoms with Crippen molar-refractivity contribution >= 4 is 6.09 Å². The Kier molecular flexibility index (Phi) is 5.08. The van der Waals surface area contributed by atoms with Crippen LogP contribution < -0.4 is 0 Å². The number of rotatable bonds is 3. The second-order valence-electron chi connectivity index (χ2n) is 7.23. The molecule has 2 heterocycles. The first-order valence-electron chi connectivity index (χ1n) is 8.61. The Labute approximate surface area is 148 Å². The zero-order chi connectivity index (χ0) is 17.9. The molecule has 0 unspecified atom stereocenters. The average Bonchev–Trinajstić information content (AvgIpc) is 3.03. The summed E-state index contributed by atoms with van der Waals surface area (Å²) in [6.07, 6.45) is 1.52. The highest BCUT2D eigenvalue weighted by Gasteiger charge is 2.26. The minimum Gasteiger partial charge on any atom is -0.444 e. The van der Waals surface area contributed by atoms with E-state index in [1.54, 1.807) is 11.1 Å². The number of aromatic nitrogens is 1. The van der Waals surface area contributed by atoms with Crippen LogP contribution in [0.15, 0.2) is 40.9 Å². The van der Waals surface area contributed by atoms with Gasteiger partial charge in [-0.25, -0.2) is 9.78 Å². The molecule has 1 fully saturated rings. The van der Waals surface area contributed by atoms with Crippen LogP contribution >= 0.6 is 0 Å². The van der Waals surface area contributed by atoms with Crippen molar-refractivity contribution in [3.05, 3.63) is 42.4 Å². The molecule has 0 spiro atoms. The number of hydrogen-bond donors (Lipinski definition) is 0. The van der Waals surface area contributed by atoms with Gasteiger partial charge in [0.05, 0.1) is 12.7 Å². The topological polar surface area (TPSA) is 58.8 Å². The molecule has 1 aromatic carbocycles. The lowest BCUT2D eigenvalue weighted by Crippen LogP contribution is -2.49. The number of piperazine rings is 1. The van der Waals surface area contributed by atoms with Crippen LogP contribution in [-0.4, -0.2) is 52.7 Å². The number of benzene rings is 1. The summed E-state index contributed by atoms with van der Waals surface area (Å²) in [4.78, 5) is 20.5. The van der Waals surface area contributed by atoms with Crippen LogP contribution in [0.3, 0.4) is 0 Å². The number of hydrogen-bond acceptors (Lipinski definition) is 5. The molecular formula is C19H25N3O3. The van der Waals surface area contributed by atoms with Crippen LogP contribution in [0.5, 0.6) is 0 Å². The Balaban J connectivity index is 1.51. The Bertz CT molecular complexity index is 698. The minimum atomic E-state index is -0.458. The lowest BCUT2D eigenvalue weighted by atomic mass is 10.2. The van der Waals surface area contributed by atoms with E-state index in [4.69, 9.17) is 9.15 Å². The zero-order valence-corrected chi connectivity index (χ0v) is 15.1. The highest BCUT2D eigenvalue weighted by atomic mass is 16.6. The minimum absolute atomic E-state index is 0.241. The number of oxazole rings is 1. The van der Waals surface area contributed by atoms with E-state index in [2.05, 4.69) is 9.88 Å². The number of amides is 1. The number of carbonyl (C=O) groups is 1. The molecule has 3 rings (SSSR count). The van der Waals surface area contributed by atoms with Gasteiger partial charge in [0.25, 0.3) is 0 Å². The number of ether oxygens (including phenoxy) is 1. The van der Waals surface area contributed by atoms with Gasteiger partial charge in [0.15, 0.2) is 5.76 Å². The van der Waals surface area contributed by atoms with E-state index >= 15 is 0 Å². The summed E-state index contributed by atoms with van der Waals surface area (Å²) in [5.74, 6) is 1.48. The van der Waals surface area contributed by atoms with E-state index in [0.717, 1.165) is 24.4 Å². The quantitative estimate of drug-likeness (QED) is 0.855. The summed E-state index contributed by atoms with van der Waals surface area (Å²) in [5.41, 5.74) is 0.566. The third-order valence-corrected chi connectivity index (χ3v) is 3.99. The SMILES string of the molecule is CC(C)(C)OC(=O)N1CCN(Cc2ncc(-c3ccccc3)o2)CC1. The van der Waals surface area contributed by atoms with E-state index in [-0.39, 0.29) is 6.09 Å². The molecule has 0 atom stereocenters. The molecular weight excluding hydrogens is 318 g/mol. The molecule has 0 radical (unpaired) electrons. The third kappa shape index (κ3) is 4.82. The van der Waals surface area contributed by atoms with Crippen molar-refractivity contribution in [1.29, 1.82) is 0 Å². The summed E-state index contributed by atoms with van der Waals surface area (Å²) in [7, 11) is 0. The lowest BCUT2D eigenvalue weighted by molar-refractivity contribution is 0.0133. The van der Waals surface area contributed by atoms with Crippen molar-refractivity contribution < 1.29 is 13.9 Å². The van der Waals surface area contributed by atoms with Gasteiger partial charge in [0.2, 0.25) is 5.89 Å². The van der Waals surface area contributed by atoms with Crippen LogP contribution in [0.25, 0.3) is 11.3 Å². The van der Waals surface area contributed by atoms with Gasteiger partial charge in [0.1, 0.15) is 5.60 Å². The molecule has 25 heavy (non-hydrogen) atoms. The van der Waals surface area contributed by atoms with Crippen molar-refractivity contribution in [3.63, 3.8) is 0 Å². The normalized spacial score (nSPS) is 16.0. The van der Waals surface area contributed by atoms with Gasteiger partial charge >= 0.3 is 6.09 Å². The second-order valence-corrected chi connectivity index (χ2v) is 7.23. The lowest BCUT2D eigenvalue weighted by Gasteiger charge is -2.35. The summed E-state index contributed by atoms with van der Waals surface area (Å²) >= 11 is 0. The molecule has 134 valence electrons. The number of carbonyl (C=O) groups excluding carboxylic acids is 1. The van der Waals surface area contributed by atoms with E-state index in [9.17, 15) is 4.79 Å². The fourth-order valence-electron chi connectivity index (χ4n) is 2.73. The highest BCUT2D eigenvalue weighted by molar-refractivity contribution is 5.68. The molecule has 0 aliphatic carbocycles. The predicted molar refractivity (Wildman–Crippen MR) is 95.0 cm³/mol. The standard InChI is InChI=1S/C19H25N3O3/c1-19(2,3)25-18(23)22-11-9-21(10-12-22)14-17-20-13-16(24-17)15-7-5-4-6-8-15/h4-8,13H,9-12,14H2,1-3H3. The predicted octanol–water partition coefficient (Wildman–Crippen LogP) is 3.39. The van der Waals surface area contributed by atoms with Crippen LogP contribution in [0.4, 0.5) is 4.79 Å². The van der Waals surface area contributed by atoms with E-state index in [0.29, 0.717) is 25.5 Å². The molecule has 0 bridgehead atoms. The molecule has 0 saturated carbocycles. The van der Waals surface area contributed by atoms with Gasteiger partial charge in [-0.2, -0.15) is 0 Å². The van der Waals surface area contributed by atoms with Gasteiger partial charge in [-0.1, -0.05) is 30.3 Å². The number of nitrogens with zero attached hydrogens (tertiary/aromatic N) is 3. The molecule has 1 aliphatic heterocycles. The van der Waals surface area contributed by atoms with E-state index in [1.807, 2.05) is 51.1 Å². The van der Waals surface area contributed by atoms with Gasteiger partial charge in [-0.05, 0) is 20.8 Å². The Morgan fingerprint density at radius 3 is 2.48 bits per heavy atom. The maximum atomic E-state index is 12.1. The van der Waals surface area contributed by atoms with Crippen molar-refractivity contribution in [3.8, 4) is 11.3 Å². The molecule has 2 aromatic rings. The van der Waals surface area contributed by atoms with Crippen molar-refractivity contribution in [1.82, 2.24) is 14.8 Å². The molecule has 0 N–H and O–H groups in total. The van der Waals surface area contributed by atoms with E-state index < -0.39 is 5.60 Å². The molecule has 1 saturated heterocycles. The van der Waals surface area contributed by atoms with Crippen molar-refractivity contribution in [2.45, 2.75) is 32.9 Å². The first-order valence-corrected chi connectivity index (χ1v) is 8.61. The Morgan fingerprint density at radius 2 is 1.84 bits per heavy atom. The smallest absolute Gasteiger partial charge is 0.410 e. The fraction of sp³-hybridized carbons (Fsp3) is 0.474. The molecule has 6 heteroatoms. The van der Waals surface area contributed by atoms with Crippen LogP contribution in [-0.2, 0) is 11.3 Å². The van der Waals surface area contributed by atoms with Crippen LogP contribution in [0.2, 0.25) is 0 Å². The molecule has 6 nitrogen and oxygen atoms in total.